The number of amides is 1. The van der Waals surface area contributed by atoms with Gasteiger partial charge in [-0.2, -0.15) is 0 Å². The van der Waals surface area contributed by atoms with Gasteiger partial charge in [0.1, 0.15) is 5.75 Å². The monoisotopic (exact) mass is 389 g/mol. The van der Waals surface area contributed by atoms with Crippen molar-refractivity contribution in [2.24, 2.45) is 0 Å². The van der Waals surface area contributed by atoms with Gasteiger partial charge in [0, 0.05) is 0 Å². The Bertz CT molecular complexity index is 968. The predicted octanol–water partition coefficient (Wildman–Crippen LogP) is 4.94. The minimum absolute atomic E-state index is 0.263. The van der Waals surface area contributed by atoms with Crippen LogP contribution in [0.3, 0.4) is 0 Å². The van der Waals surface area contributed by atoms with Gasteiger partial charge in [0.25, 0.3) is 5.91 Å². The van der Waals surface area contributed by atoms with Crippen LogP contribution in [-0.4, -0.2) is 24.6 Å². The number of esters is 1. The predicted molar refractivity (Wildman–Crippen MR) is 113 cm³/mol. The van der Waals surface area contributed by atoms with Gasteiger partial charge in [0.05, 0.1) is 17.9 Å². The number of para-hydroxylation sites is 1. The molecular weight excluding hydrogens is 366 g/mol. The summed E-state index contributed by atoms with van der Waals surface area (Å²) in [5.74, 6) is -0.242. The molecule has 5 nitrogen and oxygen atoms in total. The molecule has 0 bridgehead atoms. The van der Waals surface area contributed by atoms with Crippen LogP contribution < -0.4 is 10.1 Å². The van der Waals surface area contributed by atoms with E-state index in [9.17, 15) is 9.59 Å². The molecule has 1 amide bonds. The molecule has 0 saturated heterocycles. The Morgan fingerprint density at radius 1 is 0.862 bits per heavy atom. The van der Waals surface area contributed by atoms with E-state index in [2.05, 4.69) is 5.32 Å². The lowest BCUT2D eigenvalue weighted by Crippen LogP contribution is -2.30. The number of ether oxygens (including phenoxy) is 2. The number of benzene rings is 3. The van der Waals surface area contributed by atoms with Gasteiger partial charge < -0.3 is 14.8 Å². The van der Waals surface area contributed by atoms with Crippen LogP contribution >= 0.6 is 0 Å². The first-order valence-corrected chi connectivity index (χ1v) is 9.47. The third kappa shape index (κ3) is 5.23. The average Bonchev–Trinajstić information content (AvgIpc) is 2.75. The van der Waals surface area contributed by atoms with E-state index >= 15 is 0 Å². The molecule has 3 aromatic carbocycles. The van der Waals surface area contributed by atoms with E-state index in [1.807, 2.05) is 54.6 Å². The fraction of sp³-hybridized carbons (Fsp3) is 0.167. The summed E-state index contributed by atoms with van der Waals surface area (Å²) in [6.07, 6.45) is -0.743. The summed E-state index contributed by atoms with van der Waals surface area (Å²) in [7, 11) is 0. The second kappa shape index (κ2) is 9.55. The van der Waals surface area contributed by atoms with Crippen LogP contribution in [0, 0.1) is 0 Å². The second-order valence-electron chi connectivity index (χ2n) is 6.41. The number of rotatable bonds is 7. The highest BCUT2D eigenvalue weighted by molar-refractivity contribution is 6.02. The molecule has 0 heterocycles. The maximum absolute atomic E-state index is 12.5. The van der Waals surface area contributed by atoms with Gasteiger partial charge in [-0.15, -0.1) is 0 Å². The smallest absolute Gasteiger partial charge is 0.340 e. The van der Waals surface area contributed by atoms with Crippen molar-refractivity contribution in [3.05, 3.63) is 84.4 Å². The van der Waals surface area contributed by atoms with Crippen molar-refractivity contribution < 1.29 is 19.1 Å². The first kappa shape index (κ1) is 20.1. The molecule has 0 unspecified atom stereocenters. The zero-order chi connectivity index (χ0) is 20.6. The van der Waals surface area contributed by atoms with Crippen LogP contribution in [0.25, 0.3) is 11.1 Å². The van der Waals surface area contributed by atoms with Crippen LogP contribution in [0.4, 0.5) is 5.69 Å². The molecule has 0 fully saturated rings. The number of nitrogens with one attached hydrogen (secondary N) is 1. The van der Waals surface area contributed by atoms with Gasteiger partial charge in [-0.05, 0) is 49.2 Å². The minimum Gasteiger partial charge on any atom is -0.481 e. The van der Waals surface area contributed by atoms with Crippen LogP contribution in [0.5, 0.6) is 5.75 Å². The van der Waals surface area contributed by atoms with Crippen molar-refractivity contribution in [3.63, 3.8) is 0 Å². The zero-order valence-electron chi connectivity index (χ0n) is 16.4. The summed E-state index contributed by atoms with van der Waals surface area (Å²) in [6.45, 7) is 3.66. The topological polar surface area (TPSA) is 64.6 Å². The second-order valence-corrected chi connectivity index (χ2v) is 6.41. The number of hydrogen-bond acceptors (Lipinski definition) is 4. The van der Waals surface area contributed by atoms with Crippen molar-refractivity contribution in [1.82, 2.24) is 0 Å². The molecule has 3 aromatic rings. The van der Waals surface area contributed by atoms with Crippen LogP contribution in [-0.2, 0) is 9.53 Å². The van der Waals surface area contributed by atoms with Crippen LogP contribution in [0.1, 0.15) is 24.2 Å². The maximum Gasteiger partial charge on any atom is 0.340 e. The molecule has 0 spiro atoms. The Morgan fingerprint density at radius 3 is 2.17 bits per heavy atom. The highest BCUT2D eigenvalue weighted by Gasteiger charge is 2.19. The van der Waals surface area contributed by atoms with Gasteiger partial charge in [-0.3, -0.25) is 4.79 Å². The number of anilines is 1. The largest absolute Gasteiger partial charge is 0.481 e. The maximum atomic E-state index is 12.5. The van der Waals surface area contributed by atoms with E-state index in [1.165, 1.54) is 0 Å². The Kier molecular flexibility index (Phi) is 6.63. The van der Waals surface area contributed by atoms with E-state index in [0.717, 1.165) is 11.1 Å². The molecule has 0 aliphatic rings. The first-order chi connectivity index (χ1) is 14.1. The van der Waals surface area contributed by atoms with Crippen LogP contribution in [0.15, 0.2) is 78.9 Å². The van der Waals surface area contributed by atoms with Crippen molar-refractivity contribution in [2.45, 2.75) is 20.0 Å². The summed E-state index contributed by atoms with van der Waals surface area (Å²) in [4.78, 5) is 24.6. The van der Waals surface area contributed by atoms with Crippen molar-refractivity contribution in [3.8, 4) is 16.9 Å². The molecule has 1 atom stereocenters. The number of carbonyl (C=O) groups is 2. The number of carbonyl (C=O) groups excluding carboxylic acids is 2. The molecule has 0 aliphatic carbocycles. The highest BCUT2D eigenvalue weighted by Crippen LogP contribution is 2.23. The molecule has 1 N–H and O–H groups in total. The van der Waals surface area contributed by atoms with Crippen molar-refractivity contribution >= 4 is 17.6 Å². The van der Waals surface area contributed by atoms with Gasteiger partial charge in [0.2, 0.25) is 0 Å². The first-order valence-electron chi connectivity index (χ1n) is 9.47. The summed E-state index contributed by atoms with van der Waals surface area (Å²) >= 11 is 0. The van der Waals surface area contributed by atoms with E-state index in [4.69, 9.17) is 9.47 Å². The third-order valence-electron chi connectivity index (χ3n) is 4.32. The summed E-state index contributed by atoms with van der Waals surface area (Å²) < 4.78 is 10.8. The molecular formula is C24H23NO4. The molecule has 148 valence electrons. The lowest BCUT2D eigenvalue weighted by molar-refractivity contribution is -0.122. The summed E-state index contributed by atoms with van der Waals surface area (Å²) in [6, 6.07) is 24.3. The van der Waals surface area contributed by atoms with Gasteiger partial charge in [0.15, 0.2) is 6.10 Å². The molecule has 0 radical (unpaired) electrons. The highest BCUT2D eigenvalue weighted by atomic mass is 16.5. The molecule has 5 heteroatoms. The van der Waals surface area contributed by atoms with Crippen molar-refractivity contribution in [1.29, 1.82) is 0 Å². The normalized spacial score (nSPS) is 11.4. The fourth-order valence-corrected chi connectivity index (χ4v) is 2.83. The Hall–Kier alpha value is -3.60. The molecule has 0 aromatic heterocycles. The molecule has 0 aliphatic heterocycles. The van der Waals surface area contributed by atoms with E-state index in [-0.39, 0.29) is 12.5 Å². The van der Waals surface area contributed by atoms with E-state index in [0.29, 0.717) is 17.0 Å². The van der Waals surface area contributed by atoms with Crippen LogP contribution in [0.2, 0.25) is 0 Å². The van der Waals surface area contributed by atoms with E-state index < -0.39 is 12.1 Å². The number of hydrogen-bond donors (Lipinski definition) is 1. The lowest BCUT2D eigenvalue weighted by Gasteiger charge is -2.16. The van der Waals surface area contributed by atoms with Gasteiger partial charge in [-0.25, -0.2) is 4.79 Å². The van der Waals surface area contributed by atoms with Gasteiger partial charge >= 0.3 is 5.97 Å². The molecule has 3 rings (SSSR count). The van der Waals surface area contributed by atoms with E-state index in [1.54, 1.807) is 38.1 Å². The summed E-state index contributed by atoms with van der Waals surface area (Å²) in [5.41, 5.74) is 2.88. The molecule has 0 saturated carbocycles. The quantitative estimate of drug-likeness (QED) is 0.582. The van der Waals surface area contributed by atoms with Gasteiger partial charge in [-0.1, -0.05) is 54.6 Å². The third-order valence-corrected chi connectivity index (χ3v) is 4.32. The minimum atomic E-state index is -0.743. The lowest BCUT2D eigenvalue weighted by atomic mass is 10.1. The Balaban J connectivity index is 1.65. The Labute approximate surface area is 170 Å². The standard InChI is InChI=1S/C24H23NO4/c1-3-28-24(27)21-11-7-8-12-22(21)25-23(26)17(2)29-20-15-13-19(14-16-20)18-9-5-4-6-10-18/h4-17H,3H2,1-2H3,(H,25,26)/t17-/m1/s1. The average molecular weight is 389 g/mol. The summed E-state index contributed by atoms with van der Waals surface area (Å²) in [5, 5.41) is 2.74. The zero-order valence-corrected chi connectivity index (χ0v) is 16.4. The van der Waals surface area contributed by atoms with Crippen molar-refractivity contribution in [2.75, 3.05) is 11.9 Å². The molecule has 29 heavy (non-hydrogen) atoms. The fourth-order valence-electron chi connectivity index (χ4n) is 2.83. The Morgan fingerprint density at radius 2 is 1.48 bits per heavy atom. The SMILES string of the molecule is CCOC(=O)c1ccccc1NC(=O)[C@@H](C)Oc1ccc(-c2ccccc2)cc1.